The van der Waals surface area contributed by atoms with Gasteiger partial charge in [-0.15, -0.1) is 13.2 Å². The predicted octanol–water partition coefficient (Wildman–Crippen LogP) is -1.62. The van der Waals surface area contributed by atoms with Crippen molar-refractivity contribution >= 4 is 5.84 Å². The van der Waals surface area contributed by atoms with Crippen molar-refractivity contribution in [2.24, 2.45) is 4.99 Å². The highest BCUT2D eigenvalue weighted by Crippen LogP contribution is 2.22. The maximum Gasteiger partial charge on any atom is 0.573 e. The van der Waals surface area contributed by atoms with Crippen molar-refractivity contribution in [2.45, 2.75) is 6.36 Å². The number of alkyl halides is 3. The zero-order chi connectivity index (χ0) is 11.6. The van der Waals surface area contributed by atoms with Gasteiger partial charge < -0.3 is 28.7 Å². The van der Waals surface area contributed by atoms with Crippen LogP contribution in [0.3, 0.4) is 0 Å². The van der Waals surface area contributed by atoms with Crippen molar-refractivity contribution in [3.05, 3.63) is 42.2 Å². The summed E-state index contributed by atoms with van der Waals surface area (Å²) in [6, 6.07) is 5.59. The van der Waals surface area contributed by atoms with Gasteiger partial charge in [0.1, 0.15) is 11.9 Å². The topological polar surface area (TPSA) is 38.2 Å². The maximum absolute atomic E-state index is 11.9. The van der Waals surface area contributed by atoms with E-state index in [-0.39, 0.29) is 29.7 Å². The van der Waals surface area contributed by atoms with Gasteiger partial charge in [-0.2, -0.15) is 4.99 Å². The van der Waals surface area contributed by atoms with Crippen molar-refractivity contribution in [2.75, 3.05) is 0 Å². The fourth-order valence-electron chi connectivity index (χ4n) is 1.30. The fourth-order valence-corrected chi connectivity index (χ4v) is 1.30. The summed E-state index contributed by atoms with van der Waals surface area (Å²) in [5.74, 6) is 0.487. The molecule has 0 aromatic heterocycles. The van der Waals surface area contributed by atoms with E-state index in [1.54, 1.807) is 17.7 Å². The maximum atomic E-state index is 11.9. The van der Waals surface area contributed by atoms with Gasteiger partial charge in [0.05, 0.1) is 11.8 Å². The number of ether oxygens (including phenoxy) is 1. The van der Waals surface area contributed by atoms with Gasteiger partial charge in [0.2, 0.25) is 5.84 Å². The predicted molar refractivity (Wildman–Crippen MR) is 50.7 cm³/mol. The molecule has 0 saturated carbocycles. The number of hydrogen-bond donors (Lipinski definition) is 1. The van der Waals surface area contributed by atoms with Crippen LogP contribution in [0.25, 0.3) is 0 Å². The van der Waals surface area contributed by atoms with Gasteiger partial charge in [0, 0.05) is 0 Å². The highest BCUT2D eigenvalue weighted by molar-refractivity contribution is 5.92. The van der Waals surface area contributed by atoms with Crippen LogP contribution in [-0.4, -0.2) is 12.2 Å². The highest BCUT2D eigenvalue weighted by atomic mass is 127. The van der Waals surface area contributed by atoms with Gasteiger partial charge in [0.15, 0.2) is 0 Å². The van der Waals surface area contributed by atoms with Crippen LogP contribution < -0.4 is 34.0 Å². The monoisotopic (exact) mass is 356 g/mol. The number of rotatable bonds is 2. The molecule has 0 amide bonds. The quantitative estimate of drug-likeness (QED) is 0.636. The number of halogens is 4. The van der Waals surface area contributed by atoms with Crippen LogP contribution in [0.15, 0.2) is 41.7 Å². The minimum absolute atomic E-state index is 0. The molecule has 7 heteroatoms. The first-order valence-electron chi connectivity index (χ1n) is 4.48. The molecular weight excluding hydrogens is 348 g/mol. The molecule has 17 heavy (non-hydrogen) atoms. The molecule has 0 spiro atoms. The molecule has 0 unspecified atom stereocenters. The molecule has 1 heterocycles. The first-order valence-corrected chi connectivity index (χ1v) is 4.48. The third-order valence-electron chi connectivity index (χ3n) is 1.94. The molecule has 0 radical (unpaired) electrons. The number of quaternary nitrogens is 1. The summed E-state index contributed by atoms with van der Waals surface area (Å²) in [6.07, 6.45) is -1.27. The number of nitrogens with two attached hydrogens (primary N) is 1. The van der Waals surface area contributed by atoms with E-state index >= 15 is 0 Å². The van der Waals surface area contributed by atoms with Crippen LogP contribution in [0.5, 0.6) is 5.75 Å². The molecule has 3 nitrogen and oxygen atoms in total. The summed E-state index contributed by atoms with van der Waals surface area (Å²) < 4.78 is 39.4. The van der Waals surface area contributed by atoms with E-state index in [2.05, 4.69) is 9.73 Å². The second-order valence-electron chi connectivity index (χ2n) is 3.09. The van der Waals surface area contributed by atoms with E-state index in [9.17, 15) is 13.2 Å². The summed E-state index contributed by atoms with van der Waals surface area (Å²) >= 11 is 0. The molecule has 0 aliphatic carbocycles. The Bertz CT molecular complexity index is 440. The third kappa shape index (κ3) is 4.00. The molecule has 2 N–H and O–H groups in total. The van der Waals surface area contributed by atoms with Gasteiger partial charge in [0.25, 0.3) is 0 Å². The SMILES string of the molecule is FC(F)(F)Oc1ccc(C2=NC=C[NH2+]2)cc1.[I-]. The molecule has 0 atom stereocenters. The first kappa shape index (κ1) is 14.0. The summed E-state index contributed by atoms with van der Waals surface area (Å²) in [4.78, 5) is 4.03. The van der Waals surface area contributed by atoms with Gasteiger partial charge >= 0.3 is 6.36 Å². The van der Waals surface area contributed by atoms with Gasteiger partial charge in [-0.3, -0.25) is 5.32 Å². The normalized spacial score (nSPS) is 14.2. The smallest absolute Gasteiger partial charge is 0.573 e. The van der Waals surface area contributed by atoms with Crippen molar-refractivity contribution in [3.8, 4) is 5.75 Å². The van der Waals surface area contributed by atoms with Crippen LogP contribution in [-0.2, 0) is 0 Å². The van der Waals surface area contributed by atoms with Gasteiger partial charge in [-0.25, -0.2) is 0 Å². The highest BCUT2D eigenvalue weighted by Gasteiger charge is 2.31. The zero-order valence-corrected chi connectivity index (χ0v) is 10.6. The standard InChI is InChI=1S/C10H7F3N2O.HI/c11-10(12,13)16-8-3-1-7(2-4-8)9-14-5-6-15-9;/h1-6H,(H,14,15);1H. The Morgan fingerprint density at radius 3 is 2.24 bits per heavy atom. The van der Waals surface area contributed by atoms with Crippen molar-refractivity contribution in [1.82, 2.24) is 0 Å². The number of aliphatic imine (C=N–C) groups is 1. The average molecular weight is 356 g/mol. The van der Waals surface area contributed by atoms with Crippen LogP contribution in [0, 0.1) is 0 Å². The molecule has 0 saturated heterocycles. The molecule has 1 aliphatic rings. The van der Waals surface area contributed by atoms with E-state index < -0.39 is 6.36 Å². The van der Waals surface area contributed by atoms with E-state index in [0.717, 1.165) is 11.4 Å². The van der Waals surface area contributed by atoms with E-state index in [4.69, 9.17) is 0 Å². The Balaban J connectivity index is 0.00000144. The van der Waals surface area contributed by atoms with Crippen LogP contribution in [0.1, 0.15) is 5.56 Å². The van der Waals surface area contributed by atoms with Crippen LogP contribution in [0.4, 0.5) is 13.2 Å². The lowest BCUT2D eigenvalue weighted by molar-refractivity contribution is -0.456. The molecular formula is C10H8F3IN2O. The van der Waals surface area contributed by atoms with Crippen molar-refractivity contribution in [1.29, 1.82) is 0 Å². The minimum Gasteiger partial charge on any atom is -1.00 e. The van der Waals surface area contributed by atoms with Crippen LogP contribution in [0.2, 0.25) is 0 Å². The number of benzene rings is 1. The molecule has 1 aliphatic heterocycles. The Morgan fingerprint density at radius 1 is 1.12 bits per heavy atom. The van der Waals surface area contributed by atoms with Crippen molar-refractivity contribution < 1.29 is 47.2 Å². The van der Waals surface area contributed by atoms with Crippen LogP contribution >= 0.6 is 0 Å². The second kappa shape index (κ2) is 5.50. The lowest BCUT2D eigenvalue weighted by Crippen LogP contribution is -3.00. The molecule has 1 aromatic carbocycles. The van der Waals surface area contributed by atoms with Crippen molar-refractivity contribution in [3.63, 3.8) is 0 Å². The fraction of sp³-hybridized carbons (Fsp3) is 0.100. The third-order valence-corrected chi connectivity index (χ3v) is 1.94. The molecule has 1 aromatic rings. The average Bonchev–Trinajstić information content (AvgIpc) is 2.69. The second-order valence-corrected chi connectivity index (χ2v) is 3.09. The van der Waals surface area contributed by atoms with E-state index in [1.165, 1.54) is 24.3 Å². The van der Waals surface area contributed by atoms with Gasteiger partial charge in [-0.05, 0) is 24.3 Å². The summed E-state index contributed by atoms with van der Waals surface area (Å²) in [5, 5.41) is 1.78. The summed E-state index contributed by atoms with van der Waals surface area (Å²) in [7, 11) is 0. The number of hydrogen-bond acceptors (Lipinski definition) is 2. The molecule has 0 bridgehead atoms. The lowest BCUT2D eigenvalue weighted by atomic mass is 10.2. The minimum atomic E-state index is -4.65. The molecule has 2 rings (SSSR count). The number of amidine groups is 1. The lowest BCUT2D eigenvalue weighted by Gasteiger charge is -2.08. The molecule has 0 fully saturated rings. The summed E-state index contributed by atoms with van der Waals surface area (Å²) in [5.41, 5.74) is 0.750. The molecule has 92 valence electrons. The Hall–Kier alpha value is -1.09. The van der Waals surface area contributed by atoms with E-state index in [1.807, 2.05) is 0 Å². The Morgan fingerprint density at radius 2 is 1.76 bits per heavy atom. The Kier molecular flexibility index (Phi) is 4.52. The zero-order valence-electron chi connectivity index (χ0n) is 8.41. The first-order chi connectivity index (χ1) is 7.54. The Labute approximate surface area is 112 Å². The largest absolute Gasteiger partial charge is 1.00 e. The summed E-state index contributed by atoms with van der Waals surface area (Å²) in [6.45, 7) is 0. The number of nitrogens with zero attached hydrogens (tertiary/aromatic N) is 1. The van der Waals surface area contributed by atoms with E-state index in [0.29, 0.717) is 0 Å². The van der Waals surface area contributed by atoms with Gasteiger partial charge in [-0.1, -0.05) is 0 Å².